The Balaban J connectivity index is 1.65. The quantitative estimate of drug-likeness (QED) is 0.448. The van der Waals surface area contributed by atoms with Crippen molar-refractivity contribution in [2.24, 2.45) is 0 Å². The lowest BCUT2D eigenvalue weighted by molar-refractivity contribution is -0.124. The molecular formula is C17H16ClNO4S. The van der Waals surface area contributed by atoms with E-state index < -0.39 is 18.5 Å². The van der Waals surface area contributed by atoms with Crippen molar-refractivity contribution in [3.63, 3.8) is 0 Å². The Morgan fingerprint density at radius 1 is 1.12 bits per heavy atom. The number of ether oxygens (including phenoxy) is 1. The molecule has 0 aliphatic carbocycles. The number of aromatic hydroxyl groups is 1. The van der Waals surface area contributed by atoms with Crippen molar-refractivity contribution in [2.75, 3.05) is 18.9 Å². The number of phenols is 1. The smallest absolute Gasteiger partial charge is 0.342 e. The molecule has 0 atom stereocenters. The summed E-state index contributed by atoms with van der Waals surface area (Å²) in [5, 5.41) is 12.9. The van der Waals surface area contributed by atoms with Crippen molar-refractivity contribution in [3.8, 4) is 5.75 Å². The first-order valence-corrected chi connectivity index (χ1v) is 8.53. The lowest BCUT2D eigenvalue weighted by Gasteiger charge is -2.07. The number of halogens is 1. The highest BCUT2D eigenvalue weighted by atomic mass is 35.5. The highest BCUT2D eigenvalue weighted by Crippen LogP contribution is 2.19. The predicted molar refractivity (Wildman–Crippen MR) is 93.6 cm³/mol. The summed E-state index contributed by atoms with van der Waals surface area (Å²) in [5.74, 6) is -0.627. The van der Waals surface area contributed by atoms with Gasteiger partial charge in [0, 0.05) is 22.2 Å². The first kappa shape index (κ1) is 18.2. The van der Waals surface area contributed by atoms with Gasteiger partial charge in [-0.05, 0) is 36.4 Å². The van der Waals surface area contributed by atoms with Crippen molar-refractivity contribution < 1.29 is 19.4 Å². The number of carbonyl (C=O) groups excluding carboxylic acids is 2. The minimum atomic E-state index is -0.737. The fourth-order valence-electron chi connectivity index (χ4n) is 1.80. The maximum Gasteiger partial charge on any atom is 0.342 e. The zero-order valence-electron chi connectivity index (χ0n) is 12.7. The second-order valence-electron chi connectivity index (χ2n) is 4.75. The molecule has 0 unspecified atom stereocenters. The number of benzene rings is 2. The van der Waals surface area contributed by atoms with E-state index in [0.29, 0.717) is 17.3 Å². The highest BCUT2D eigenvalue weighted by Gasteiger charge is 2.13. The third-order valence-corrected chi connectivity index (χ3v) is 4.23. The number of thioether (sulfide) groups is 1. The zero-order chi connectivity index (χ0) is 17.4. The van der Waals surface area contributed by atoms with Gasteiger partial charge < -0.3 is 15.2 Å². The van der Waals surface area contributed by atoms with Crippen LogP contribution in [0.2, 0.25) is 5.02 Å². The Hall–Kier alpha value is -2.18. The molecule has 7 heteroatoms. The van der Waals surface area contributed by atoms with Crippen LogP contribution in [0.3, 0.4) is 0 Å². The van der Waals surface area contributed by atoms with Crippen molar-refractivity contribution in [3.05, 3.63) is 59.1 Å². The number of phenolic OH excluding ortho intramolecular Hbond substituents is 1. The summed E-state index contributed by atoms with van der Waals surface area (Å²) in [7, 11) is 0. The average molecular weight is 366 g/mol. The van der Waals surface area contributed by atoms with Crippen molar-refractivity contribution >= 4 is 35.2 Å². The van der Waals surface area contributed by atoms with Gasteiger partial charge in [-0.1, -0.05) is 23.7 Å². The number of nitrogens with one attached hydrogen (secondary N) is 1. The van der Waals surface area contributed by atoms with E-state index in [0.717, 1.165) is 4.90 Å². The molecule has 0 aromatic heterocycles. The van der Waals surface area contributed by atoms with E-state index in [1.807, 2.05) is 12.1 Å². The fourth-order valence-corrected chi connectivity index (χ4v) is 2.69. The van der Waals surface area contributed by atoms with E-state index in [9.17, 15) is 14.7 Å². The summed E-state index contributed by atoms with van der Waals surface area (Å²) in [5.41, 5.74) is 0.0311. The SMILES string of the molecule is O=C(COC(=O)c1ccccc1O)NCCSc1ccc(Cl)cc1. The van der Waals surface area contributed by atoms with Crippen LogP contribution in [0.5, 0.6) is 5.75 Å². The van der Waals surface area contributed by atoms with E-state index in [2.05, 4.69) is 5.32 Å². The van der Waals surface area contributed by atoms with Crippen LogP contribution in [0.4, 0.5) is 0 Å². The first-order chi connectivity index (χ1) is 11.6. The van der Waals surface area contributed by atoms with Gasteiger partial charge in [-0.15, -0.1) is 11.8 Å². The van der Waals surface area contributed by atoms with Crippen LogP contribution < -0.4 is 5.32 Å². The molecule has 24 heavy (non-hydrogen) atoms. The fraction of sp³-hybridized carbons (Fsp3) is 0.176. The Labute approximate surface area is 149 Å². The van der Waals surface area contributed by atoms with Crippen LogP contribution >= 0.6 is 23.4 Å². The van der Waals surface area contributed by atoms with E-state index in [1.165, 1.54) is 12.1 Å². The minimum Gasteiger partial charge on any atom is -0.507 e. The van der Waals surface area contributed by atoms with Crippen LogP contribution in [0.25, 0.3) is 0 Å². The maximum absolute atomic E-state index is 11.7. The molecule has 0 fully saturated rings. The Morgan fingerprint density at radius 3 is 2.54 bits per heavy atom. The lowest BCUT2D eigenvalue weighted by Crippen LogP contribution is -2.30. The molecule has 0 saturated carbocycles. The van der Waals surface area contributed by atoms with Gasteiger partial charge in [0.25, 0.3) is 5.91 Å². The van der Waals surface area contributed by atoms with Crippen LogP contribution in [-0.4, -0.2) is 35.9 Å². The largest absolute Gasteiger partial charge is 0.507 e. The lowest BCUT2D eigenvalue weighted by atomic mass is 10.2. The molecule has 0 bridgehead atoms. The van der Waals surface area contributed by atoms with Gasteiger partial charge >= 0.3 is 5.97 Å². The first-order valence-electron chi connectivity index (χ1n) is 7.16. The van der Waals surface area contributed by atoms with Crippen molar-refractivity contribution in [1.29, 1.82) is 0 Å². The summed E-state index contributed by atoms with van der Waals surface area (Å²) in [4.78, 5) is 24.4. The number of esters is 1. The number of hydrogen-bond acceptors (Lipinski definition) is 5. The molecule has 5 nitrogen and oxygen atoms in total. The van der Waals surface area contributed by atoms with E-state index in [1.54, 1.807) is 36.0 Å². The molecule has 1 amide bonds. The summed E-state index contributed by atoms with van der Waals surface area (Å²) in [6, 6.07) is 13.4. The molecule has 0 heterocycles. The van der Waals surface area contributed by atoms with Crippen LogP contribution in [0.15, 0.2) is 53.4 Å². The van der Waals surface area contributed by atoms with Crippen molar-refractivity contribution in [1.82, 2.24) is 5.32 Å². The topological polar surface area (TPSA) is 75.6 Å². The van der Waals surface area contributed by atoms with E-state index >= 15 is 0 Å². The number of hydrogen-bond donors (Lipinski definition) is 2. The molecule has 2 aromatic carbocycles. The summed E-state index contributed by atoms with van der Waals surface area (Å²) >= 11 is 7.39. The number of rotatable bonds is 7. The van der Waals surface area contributed by atoms with Gasteiger partial charge in [0.1, 0.15) is 11.3 Å². The van der Waals surface area contributed by atoms with Crippen LogP contribution in [0, 0.1) is 0 Å². The number of carbonyl (C=O) groups is 2. The maximum atomic E-state index is 11.7. The van der Waals surface area contributed by atoms with Gasteiger partial charge in [0.2, 0.25) is 0 Å². The molecular weight excluding hydrogens is 350 g/mol. The second kappa shape index (κ2) is 9.20. The van der Waals surface area contributed by atoms with Gasteiger partial charge in [-0.2, -0.15) is 0 Å². The van der Waals surface area contributed by atoms with Crippen LogP contribution in [0.1, 0.15) is 10.4 Å². The monoisotopic (exact) mass is 365 g/mol. The normalized spacial score (nSPS) is 10.2. The van der Waals surface area contributed by atoms with Crippen molar-refractivity contribution in [2.45, 2.75) is 4.90 Å². The molecule has 0 saturated heterocycles. The Morgan fingerprint density at radius 2 is 1.83 bits per heavy atom. The summed E-state index contributed by atoms with van der Waals surface area (Å²) < 4.78 is 4.87. The summed E-state index contributed by atoms with van der Waals surface area (Å²) in [6.07, 6.45) is 0. The van der Waals surface area contributed by atoms with E-state index in [4.69, 9.17) is 16.3 Å². The summed E-state index contributed by atoms with van der Waals surface area (Å²) in [6.45, 7) is 0.0546. The van der Waals surface area contributed by atoms with Gasteiger partial charge in [0.05, 0.1) is 0 Å². The molecule has 0 spiro atoms. The molecule has 2 rings (SSSR count). The minimum absolute atomic E-state index is 0.0311. The molecule has 0 radical (unpaired) electrons. The van der Waals surface area contributed by atoms with Gasteiger partial charge in [0.15, 0.2) is 6.61 Å². The zero-order valence-corrected chi connectivity index (χ0v) is 14.3. The molecule has 126 valence electrons. The molecule has 2 aromatic rings. The van der Waals surface area contributed by atoms with Gasteiger partial charge in [-0.25, -0.2) is 4.79 Å². The number of amides is 1. The third kappa shape index (κ3) is 5.79. The Bertz CT molecular complexity index is 706. The number of para-hydroxylation sites is 1. The van der Waals surface area contributed by atoms with Crippen LogP contribution in [-0.2, 0) is 9.53 Å². The third-order valence-electron chi connectivity index (χ3n) is 2.96. The standard InChI is InChI=1S/C17H16ClNO4S/c18-12-5-7-13(8-6-12)24-10-9-19-16(21)11-23-17(22)14-3-1-2-4-15(14)20/h1-8,20H,9-11H2,(H,19,21). The second-order valence-corrected chi connectivity index (χ2v) is 6.35. The molecule has 0 aliphatic rings. The Kier molecular flexibility index (Phi) is 6.96. The van der Waals surface area contributed by atoms with Gasteiger partial charge in [-0.3, -0.25) is 4.79 Å². The predicted octanol–water partition coefficient (Wildman–Crippen LogP) is 3.11. The average Bonchev–Trinajstić information content (AvgIpc) is 2.58. The highest BCUT2D eigenvalue weighted by molar-refractivity contribution is 7.99. The molecule has 0 aliphatic heterocycles. The van der Waals surface area contributed by atoms with E-state index in [-0.39, 0.29) is 11.3 Å². The molecule has 2 N–H and O–H groups in total.